The lowest BCUT2D eigenvalue weighted by atomic mass is 10.3. The third kappa shape index (κ3) is 1.59. The van der Waals surface area contributed by atoms with Crippen molar-refractivity contribution >= 4 is 24.4 Å². The van der Waals surface area contributed by atoms with E-state index < -0.39 is 8.07 Å². The monoisotopic (exact) mass is 233 g/mol. The average Bonchev–Trinajstić information content (AvgIpc) is 2.81. The van der Waals surface area contributed by atoms with Crippen molar-refractivity contribution in [2.75, 3.05) is 0 Å². The van der Waals surface area contributed by atoms with Gasteiger partial charge in [-0.05, 0) is 17.3 Å². The topological polar surface area (TPSA) is 26.0 Å². The van der Waals surface area contributed by atoms with Crippen LogP contribution in [-0.4, -0.2) is 13.1 Å². The first kappa shape index (κ1) is 11.4. The summed E-state index contributed by atoms with van der Waals surface area (Å²) in [5.41, 5.74) is 0.796. The lowest BCUT2D eigenvalue weighted by molar-refractivity contribution is 0.603. The first-order valence-corrected chi connectivity index (χ1v) is 8.72. The van der Waals surface area contributed by atoms with E-state index in [4.69, 9.17) is 4.42 Å². The summed E-state index contributed by atoms with van der Waals surface area (Å²) < 4.78 is 5.40. The lowest BCUT2D eigenvalue weighted by Crippen LogP contribution is -2.46. The van der Waals surface area contributed by atoms with E-state index in [1.165, 1.54) is 28.7 Å². The molecule has 0 amide bonds. The maximum Gasteiger partial charge on any atom is 0.225 e. The van der Waals surface area contributed by atoms with Crippen LogP contribution in [0.2, 0.25) is 18.1 Å². The number of hydrogen-bond acceptors (Lipinski definition) is 2. The predicted molar refractivity (Wildman–Crippen MR) is 70.8 cm³/mol. The summed E-state index contributed by atoms with van der Waals surface area (Å²) in [6.07, 6.45) is 3.64. The van der Waals surface area contributed by atoms with Crippen LogP contribution >= 0.6 is 0 Å². The second-order valence-corrected chi connectivity index (χ2v) is 9.56. The zero-order valence-electron chi connectivity index (χ0n) is 10.3. The van der Waals surface area contributed by atoms with Gasteiger partial charge in [0.25, 0.3) is 0 Å². The molecule has 3 heteroatoms. The summed E-state index contributed by atoms with van der Waals surface area (Å²) in [5, 5.41) is 2.76. The van der Waals surface area contributed by atoms with Gasteiger partial charge >= 0.3 is 0 Å². The van der Waals surface area contributed by atoms with Gasteiger partial charge in [-0.3, -0.25) is 0 Å². The van der Waals surface area contributed by atoms with Gasteiger partial charge in [-0.25, -0.2) is 4.98 Å². The molecule has 2 rings (SSSR count). The molecule has 2 aromatic rings. The molecule has 0 fully saturated rings. The number of pyridine rings is 1. The normalized spacial score (nSPS) is 12.2. The van der Waals surface area contributed by atoms with Crippen molar-refractivity contribution in [3.05, 3.63) is 24.6 Å². The molecule has 0 saturated carbocycles. The highest BCUT2D eigenvalue weighted by molar-refractivity contribution is 6.93. The third-order valence-corrected chi connectivity index (χ3v) is 9.61. The van der Waals surface area contributed by atoms with Crippen molar-refractivity contribution in [1.82, 2.24) is 4.98 Å². The molecule has 2 aromatic heterocycles. The molecule has 16 heavy (non-hydrogen) atoms. The Bertz CT molecular complexity index is 465. The van der Waals surface area contributed by atoms with Gasteiger partial charge in [0.2, 0.25) is 5.71 Å². The first-order chi connectivity index (χ1) is 7.77. The second-order valence-electron chi connectivity index (χ2n) is 4.34. The zero-order chi connectivity index (χ0) is 11.6. The summed E-state index contributed by atoms with van der Waals surface area (Å²) in [6, 6.07) is 8.17. The molecule has 86 valence electrons. The Balaban J connectivity index is 2.64. The highest BCUT2D eigenvalue weighted by Crippen LogP contribution is 2.24. The van der Waals surface area contributed by atoms with Crippen LogP contribution < -0.4 is 5.19 Å². The van der Waals surface area contributed by atoms with Crippen LogP contribution in [0.5, 0.6) is 0 Å². The highest BCUT2D eigenvalue weighted by Gasteiger charge is 2.31. The van der Waals surface area contributed by atoms with Crippen LogP contribution in [-0.2, 0) is 0 Å². The smallest absolute Gasteiger partial charge is 0.225 e. The molecule has 0 spiro atoms. The Kier molecular flexibility index (Phi) is 3.14. The largest absolute Gasteiger partial charge is 0.446 e. The molecule has 2 nitrogen and oxygen atoms in total. The fraction of sp³-hybridized carbons (Fsp3) is 0.462. The molecule has 0 aliphatic heterocycles. The van der Waals surface area contributed by atoms with E-state index >= 15 is 0 Å². The van der Waals surface area contributed by atoms with E-state index in [-0.39, 0.29) is 0 Å². The van der Waals surface area contributed by atoms with Crippen LogP contribution in [0.4, 0.5) is 0 Å². The SMILES string of the molecule is CC[Si](CC)(CC)c1ccnc2occc12. The molecule has 0 aliphatic rings. The van der Waals surface area contributed by atoms with Gasteiger partial charge in [0.15, 0.2) is 0 Å². The lowest BCUT2D eigenvalue weighted by Gasteiger charge is -2.28. The van der Waals surface area contributed by atoms with Crippen LogP contribution in [0.1, 0.15) is 20.8 Å². The Morgan fingerprint density at radius 2 is 1.81 bits per heavy atom. The summed E-state index contributed by atoms with van der Waals surface area (Å²) in [4.78, 5) is 4.27. The Morgan fingerprint density at radius 3 is 2.44 bits per heavy atom. The Morgan fingerprint density at radius 1 is 1.12 bits per heavy atom. The molecule has 0 atom stereocenters. The number of hydrogen-bond donors (Lipinski definition) is 0. The molecule has 0 N–H and O–H groups in total. The summed E-state index contributed by atoms with van der Waals surface area (Å²) in [5.74, 6) is 0. The minimum absolute atomic E-state index is 0.796. The number of furan rings is 1. The van der Waals surface area contributed by atoms with E-state index in [1.807, 2.05) is 6.20 Å². The Labute approximate surface area is 97.7 Å². The molecule has 0 bridgehead atoms. The first-order valence-electron chi connectivity index (χ1n) is 6.10. The molecule has 0 saturated heterocycles. The molecule has 0 radical (unpaired) electrons. The quantitative estimate of drug-likeness (QED) is 0.755. The van der Waals surface area contributed by atoms with Crippen LogP contribution in [0, 0.1) is 0 Å². The minimum Gasteiger partial charge on any atom is -0.446 e. The molecule has 0 aliphatic carbocycles. The van der Waals surface area contributed by atoms with Crippen LogP contribution in [0.25, 0.3) is 11.1 Å². The van der Waals surface area contributed by atoms with Crippen molar-refractivity contribution in [1.29, 1.82) is 0 Å². The molecular weight excluding hydrogens is 214 g/mol. The van der Waals surface area contributed by atoms with Crippen LogP contribution in [0.3, 0.4) is 0 Å². The van der Waals surface area contributed by atoms with Crippen molar-refractivity contribution in [2.45, 2.75) is 38.9 Å². The van der Waals surface area contributed by atoms with Crippen LogP contribution in [0.15, 0.2) is 29.0 Å². The van der Waals surface area contributed by atoms with Gasteiger partial charge in [-0.2, -0.15) is 0 Å². The average molecular weight is 233 g/mol. The van der Waals surface area contributed by atoms with Crippen molar-refractivity contribution < 1.29 is 4.42 Å². The van der Waals surface area contributed by atoms with Crippen molar-refractivity contribution in [3.8, 4) is 0 Å². The summed E-state index contributed by atoms with van der Waals surface area (Å²) in [7, 11) is -1.32. The van der Waals surface area contributed by atoms with Gasteiger partial charge in [0.1, 0.15) is 0 Å². The van der Waals surface area contributed by atoms with Gasteiger partial charge in [0, 0.05) is 11.6 Å². The van der Waals surface area contributed by atoms with Gasteiger partial charge in [-0.15, -0.1) is 0 Å². The summed E-state index contributed by atoms with van der Waals surface area (Å²) >= 11 is 0. The van der Waals surface area contributed by atoms with E-state index in [0.29, 0.717) is 0 Å². The zero-order valence-corrected chi connectivity index (χ0v) is 11.3. The van der Waals surface area contributed by atoms with Gasteiger partial charge in [0.05, 0.1) is 14.3 Å². The number of nitrogens with zero attached hydrogens (tertiary/aromatic N) is 1. The van der Waals surface area contributed by atoms with Crippen molar-refractivity contribution in [2.24, 2.45) is 0 Å². The van der Waals surface area contributed by atoms with E-state index in [2.05, 4.69) is 37.9 Å². The van der Waals surface area contributed by atoms with E-state index in [1.54, 1.807) is 6.26 Å². The molecule has 0 unspecified atom stereocenters. The fourth-order valence-electron chi connectivity index (χ4n) is 2.66. The summed E-state index contributed by atoms with van der Waals surface area (Å²) in [6.45, 7) is 6.97. The second kappa shape index (κ2) is 4.42. The molecule has 2 heterocycles. The number of aromatic nitrogens is 1. The standard InChI is InChI=1S/C13H19NOSi/c1-4-16(5-2,6-3)12-7-9-14-13-11(12)8-10-15-13/h7-10H,4-6H2,1-3H3. The predicted octanol–water partition coefficient (Wildman–Crippen LogP) is 3.54. The van der Waals surface area contributed by atoms with Crippen molar-refractivity contribution in [3.63, 3.8) is 0 Å². The van der Waals surface area contributed by atoms with Gasteiger partial charge < -0.3 is 4.42 Å². The van der Waals surface area contributed by atoms with E-state index in [0.717, 1.165) is 5.71 Å². The minimum atomic E-state index is -1.32. The molecular formula is C13H19NOSi. The van der Waals surface area contributed by atoms with E-state index in [9.17, 15) is 0 Å². The Hall–Kier alpha value is -1.09. The number of fused-ring (bicyclic) bond motifs is 1. The number of rotatable bonds is 4. The van der Waals surface area contributed by atoms with Gasteiger partial charge in [-0.1, -0.05) is 38.9 Å². The maximum absolute atomic E-state index is 5.40. The molecule has 0 aromatic carbocycles. The highest BCUT2D eigenvalue weighted by atomic mass is 28.3. The third-order valence-electron chi connectivity index (χ3n) is 3.97. The fourth-order valence-corrected chi connectivity index (χ4v) is 6.49. The maximum atomic E-state index is 5.40.